The van der Waals surface area contributed by atoms with Gasteiger partial charge in [0.15, 0.2) is 11.6 Å². The van der Waals surface area contributed by atoms with Gasteiger partial charge in [0.25, 0.3) is 0 Å². The standard InChI is InChI=1S/C14H26O2.C13H24O3.C11H22O2.C11H18O.C10H18O.10C2H6.5B/c1-11-7-5-4-6-8-12(11)9-13-10-15-14(2,3)16-13;1-13(2)15-9-11(16-13)8-10-6-4-3-5-7-12(10)14;1-9-5-3-2-4-6-10(9)7-11(13)8-12;1-9-6-4-3-5-7-11(9)10(2)8-12;1-9-5-3-2-4-6-10(9)7-8-11;10*1-2;;;;;/h11-13H,4-10H2,1-3H3;10-12,14H,3-9H2,1-2H3;9-13H,2-8H2,1H3;8-9,11H,2-7H2,1H3;8-10H,2-7H2,1H3;10*1-2H3;;;;;/t11-,12+,13-;10-,11+,12-;9-,10+,11-;9-,11-;9-,10+;;;;;;;;;;;;;;;/m10111.............../s1. The maximum absolute atomic E-state index is 10.6. The molecule has 0 aromatic rings. The number of carbonyl (C=O) groups is 2. The average molecular weight is 1320 g/mol. The first-order valence-corrected chi connectivity index (χ1v) is 38.6. The van der Waals surface area contributed by atoms with Gasteiger partial charge in [-0.25, -0.2) is 0 Å². The molecule has 3 N–H and O–H groups in total. The Labute approximate surface area is 596 Å². The summed E-state index contributed by atoms with van der Waals surface area (Å²) in [6.45, 7) is 62.4. The Morgan fingerprint density at radius 3 is 1.06 bits per heavy atom. The lowest BCUT2D eigenvalue weighted by molar-refractivity contribution is -0.141. The van der Waals surface area contributed by atoms with Crippen molar-refractivity contribution in [3.8, 4) is 0 Å². The minimum absolute atomic E-state index is 0. The zero-order chi connectivity index (χ0) is 70.0. The van der Waals surface area contributed by atoms with Crippen molar-refractivity contribution in [3.05, 3.63) is 12.2 Å². The van der Waals surface area contributed by atoms with Crippen LogP contribution in [0.2, 0.25) is 0 Å². The maximum Gasteiger partial charge on any atom is 0.163 e. The van der Waals surface area contributed by atoms with E-state index in [4.69, 9.17) is 24.1 Å². The Morgan fingerprint density at radius 1 is 0.430 bits per heavy atom. The molecule has 0 aromatic carbocycles. The van der Waals surface area contributed by atoms with Crippen molar-refractivity contribution in [2.24, 2.45) is 53.3 Å². The molecule has 0 unspecified atom stereocenters. The predicted molar refractivity (Wildman–Crippen MR) is 420 cm³/mol. The van der Waals surface area contributed by atoms with E-state index in [2.05, 4.69) is 34.3 Å². The van der Waals surface area contributed by atoms with Crippen molar-refractivity contribution in [1.29, 1.82) is 0 Å². The van der Waals surface area contributed by atoms with E-state index in [1.807, 2.05) is 166 Å². The molecule has 15 radical (unpaired) electrons. The molecule has 5 saturated carbocycles. The highest BCUT2D eigenvalue weighted by Crippen LogP contribution is 2.37. The van der Waals surface area contributed by atoms with Crippen LogP contribution in [0.25, 0.3) is 0 Å². The summed E-state index contributed by atoms with van der Waals surface area (Å²) in [4.78, 5) is 20.9. The van der Waals surface area contributed by atoms with E-state index in [1.165, 1.54) is 154 Å². The molecule has 2 aliphatic heterocycles. The molecule has 0 aromatic heterocycles. The predicted octanol–water partition coefficient (Wildman–Crippen LogP) is 22.3. The summed E-state index contributed by atoms with van der Waals surface area (Å²) in [5.41, 5.74) is 0.810. The summed E-state index contributed by atoms with van der Waals surface area (Å²) in [6, 6.07) is 0. The van der Waals surface area contributed by atoms with Crippen LogP contribution in [-0.4, -0.2) is 126 Å². The number of allylic oxidation sites excluding steroid dienone is 1. The summed E-state index contributed by atoms with van der Waals surface area (Å²) in [7, 11) is 0. The fraction of sp³-hybridized carbons (Fsp3) is 0.949. The van der Waals surface area contributed by atoms with Gasteiger partial charge in [-0.1, -0.05) is 308 Å². The van der Waals surface area contributed by atoms with Crippen molar-refractivity contribution in [2.45, 2.75) is 416 Å². The van der Waals surface area contributed by atoms with Gasteiger partial charge in [0, 0.05) is 48.5 Å². The van der Waals surface area contributed by atoms with E-state index >= 15 is 0 Å². The second kappa shape index (κ2) is 89.1. The number of aldehydes is 2. The molecular weight excluding hydrogens is 1150 g/mol. The Bertz CT molecular complexity index is 1320. The molecule has 93 heavy (non-hydrogen) atoms. The van der Waals surface area contributed by atoms with Crippen LogP contribution in [0.1, 0.15) is 380 Å². The van der Waals surface area contributed by atoms with Crippen LogP contribution in [-0.2, 0) is 28.5 Å². The molecule has 2 saturated heterocycles. The number of rotatable bonds is 11. The molecule has 0 spiro atoms. The summed E-state index contributed by atoms with van der Waals surface area (Å²) < 4.78 is 22.9. The first-order chi connectivity index (χ1) is 42.5. The van der Waals surface area contributed by atoms with Crippen LogP contribution in [0, 0.1) is 53.3 Å². The number of hydrogen-bond acceptors (Lipinski definition) is 9. The fourth-order valence-electron chi connectivity index (χ4n) is 12.5. The van der Waals surface area contributed by atoms with Gasteiger partial charge in [-0.05, 0) is 131 Å². The van der Waals surface area contributed by atoms with Crippen LogP contribution < -0.4 is 0 Å². The number of hydrogen-bond donors (Lipinski definition) is 3. The Balaban J connectivity index is -0.0000000725. The molecule has 2 heterocycles. The molecular formula is C79H168B5O9. The topological polar surface area (TPSA) is 132 Å². The number of aliphatic hydroxyl groups is 3. The lowest BCUT2D eigenvalue weighted by atomic mass is 9.85. The van der Waals surface area contributed by atoms with Gasteiger partial charge < -0.3 is 39.1 Å². The lowest BCUT2D eigenvalue weighted by Gasteiger charge is -2.24. The summed E-state index contributed by atoms with van der Waals surface area (Å²) >= 11 is 0. The molecule has 7 fully saturated rings. The third-order valence-electron chi connectivity index (χ3n) is 17.2. The van der Waals surface area contributed by atoms with Crippen molar-refractivity contribution < 1.29 is 43.9 Å². The van der Waals surface area contributed by atoms with Gasteiger partial charge in [0.2, 0.25) is 0 Å². The van der Waals surface area contributed by atoms with Crippen LogP contribution in [0.15, 0.2) is 12.2 Å². The van der Waals surface area contributed by atoms with Gasteiger partial charge in [-0.2, -0.15) is 0 Å². The Morgan fingerprint density at radius 2 is 0.720 bits per heavy atom. The van der Waals surface area contributed by atoms with Gasteiger partial charge in [-0.15, -0.1) is 0 Å². The van der Waals surface area contributed by atoms with Crippen LogP contribution >= 0.6 is 0 Å². The second-order valence-corrected chi connectivity index (χ2v) is 23.9. The van der Waals surface area contributed by atoms with E-state index in [9.17, 15) is 19.8 Å². The minimum atomic E-state index is -0.495. The SMILES string of the molecule is C=C(C=O)[C@@H]1CCCCC[C@H]1C.CC.CC.CC.CC.CC.CC.CC.CC.CC.CC.CC1(C)OC[C@@H](C[C@@H]2CCCCC[C@@H]2O)O1.C[C@@H]1CCCCC[C@H]1CC=O.C[C@@H]1CCCCC[C@H]1C[C@@H](O)CO.C[C@@H]1CCCCC[C@H]1C[C@@H]1COC(C)(C)O1.[B].[B].[B].[B].[B]. The third kappa shape index (κ3) is 66.8. The van der Waals surface area contributed by atoms with Crippen molar-refractivity contribution in [3.63, 3.8) is 0 Å². The largest absolute Gasteiger partial charge is 0.394 e. The molecule has 553 valence electrons. The van der Waals surface area contributed by atoms with E-state index < -0.39 is 11.9 Å². The Kier molecular flexibility index (Phi) is 117. The van der Waals surface area contributed by atoms with Crippen LogP contribution in [0.5, 0.6) is 0 Å². The van der Waals surface area contributed by atoms with E-state index in [0.717, 1.165) is 80.5 Å². The lowest BCUT2D eigenvalue weighted by Crippen LogP contribution is -2.27. The fourth-order valence-corrected chi connectivity index (χ4v) is 12.5. The number of aliphatic hydroxyl groups excluding tert-OH is 3. The molecule has 9 nitrogen and oxygen atoms in total. The molecule has 13 atom stereocenters. The highest BCUT2D eigenvalue weighted by Gasteiger charge is 2.37. The molecule has 7 rings (SSSR count). The summed E-state index contributed by atoms with van der Waals surface area (Å²) in [5.74, 6) is 5.30. The van der Waals surface area contributed by atoms with Crippen molar-refractivity contribution in [1.82, 2.24) is 0 Å². The number of carbonyl (C=O) groups excluding carboxylic acids is 2. The van der Waals surface area contributed by atoms with Crippen LogP contribution in [0.4, 0.5) is 0 Å². The molecule has 0 bridgehead atoms. The minimum Gasteiger partial charge on any atom is -0.394 e. The summed E-state index contributed by atoms with van der Waals surface area (Å²) in [6.07, 6.45) is 38.0. The summed E-state index contributed by atoms with van der Waals surface area (Å²) in [5, 5.41) is 28.2. The third-order valence-corrected chi connectivity index (χ3v) is 17.2. The second-order valence-electron chi connectivity index (χ2n) is 23.9. The molecule has 14 heteroatoms. The zero-order valence-corrected chi connectivity index (χ0v) is 68.2. The highest BCUT2D eigenvalue weighted by atomic mass is 16.7. The van der Waals surface area contributed by atoms with Gasteiger partial charge in [-0.3, -0.25) is 4.79 Å². The van der Waals surface area contributed by atoms with Gasteiger partial charge in [0.05, 0.1) is 44.2 Å². The Hall–Kier alpha value is -0.875. The first-order valence-electron chi connectivity index (χ1n) is 38.6. The van der Waals surface area contributed by atoms with E-state index in [0.29, 0.717) is 42.3 Å². The highest BCUT2D eigenvalue weighted by molar-refractivity contribution is 5.76. The van der Waals surface area contributed by atoms with Crippen molar-refractivity contribution in [2.75, 3.05) is 19.8 Å². The van der Waals surface area contributed by atoms with Crippen LogP contribution in [0.3, 0.4) is 0 Å². The van der Waals surface area contributed by atoms with E-state index in [-0.39, 0.29) is 66.7 Å². The average Bonchev–Trinajstić information content (AvgIpc) is 2.57. The first kappa shape index (κ1) is 122. The van der Waals surface area contributed by atoms with Gasteiger partial charge in [0.1, 0.15) is 12.6 Å². The van der Waals surface area contributed by atoms with E-state index in [1.54, 1.807) is 0 Å². The maximum atomic E-state index is 10.6. The zero-order valence-electron chi connectivity index (χ0n) is 68.2. The number of ether oxygens (including phenoxy) is 4. The molecule has 5 aliphatic carbocycles. The normalized spacial score (nSPS) is 26.7. The van der Waals surface area contributed by atoms with Crippen molar-refractivity contribution >= 4 is 54.6 Å². The molecule has 7 aliphatic rings. The van der Waals surface area contributed by atoms with Gasteiger partial charge >= 0.3 is 0 Å². The molecule has 0 amide bonds. The smallest absolute Gasteiger partial charge is 0.163 e. The quantitative estimate of drug-likeness (QED) is 0.0801. The monoisotopic (exact) mass is 1320 g/mol.